The molecule has 1 aliphatic carbocycles. The number of hydroxylamine groups is 2. The maximum Gasteiger partial charge on any atom is 0.125 e. The predicted octanol–water partition coefficient (Wildman–Crippen LogP) is -0.0818. The molecule has 0 bridgehead atoms. The van der Waals surface area contributed by atoms with Gasteiger partial charge in [-0.05, 0) is 27.2 Å². The molecule has 1 saturated carbocycles. The number of aliphatic hydroxyl groups is 1. The van der Waals surface area contributed by atoms with Crippen LogP contribution in [-0.4, -0.2) is 32.4 Å². The van der Waals surface area contributed by atoms with Crippen LogP contribution in [0.1, 0.15) is 40.0 Å². The maximum atomic E-state index is 11.2. The Labute approximate surface area is 94.7 Å². The number of oxime groups is 1. The summed E-state index contributed by atoms with van der Waals surface area (Å²) in [5.74, 6) is -0.410. The molecule has 1 aliphatic rings. The average molecular weight is 232 g/mol. The number of nitrogens with one attached hydrogen (secondary N) is 1. The fourth-order valence-electron chi connectivity index (χ4n) is 2.34. The van der Waals surface area contributed by atoms with Gasteiger partial charge in [-0.25, -0.2) is 10.4 Å². The van der Waals surface area contributed by atoms with Crippen molar-refractivity contribution in [3.8, 4) is 0 Å². The molecule has 1 rings (SSSR count). The molecular weight excluding hydrogens is 212 g/mol. The Hall–Kier alpha value is -0.690. The number of nitrogens with zero attached hydrogens (tertiary/aromatic N) is 1. The fourth-order valence-corrected chi connectivity index (χ4v) is 2.34. The minimum absolute atomic E-state index is 0.297. The van der Waals surface area contributed by atoms with Crippen LogP contribution >= 0.6 is 0 Å². The Morgan fingerprint density at radius 1 is 1.44 bits per heavy atom. The van der Waals surface area contributed by atoms with Crippen LogP contribution in [0, 0.1) is 11.1 Å². The van der Waals surface area contributed by atoms with Gasteiger partial charge in [0.15, 0.2) is 0 Å². The molecule has 94 valence electrons. The van der Waals surface area contributed by atoms with Crippen LogP contribution in [0.15, 0.2) is 5.16 Å². The molecule has 4 atom stereocenters. The summed E-state index contributed by atoms with van der Waals surface area (Å²) >= 11 is 0. The highest BCUT2D eigenvalue weighted by Gasteiger charge is 2.48. The van der Waals surface area contributed by atoms with E-state index >= 15 is 0 Å². The van der Waals surface area contributed by atoms with Crippen molar-refractivity contribution in [2.75, 3.05) is 0 Å². The highest BCUT2D eigenvalue weighted by atomic mass is 16.8. The van der Waals surface area contributed by atoms with Gasteiger partial charge in [-0.3, -0.25) is 0 Å². The third-order valence-electron chi connectivity index (χ3n) is 3.77. The highest BCUT2D eigenvalue weighted by molar-refractivity contribution is 5.85. The molecule has 6 heteroatoms. The minimum atomic E-state index is -0.995. The van der Waals surface area contributed by atoms with Gasteiger partial charge < -0.3 is 15.5 Å². The van der Waals surface area contributed by atoms with E-state index in [1.165, 1.54) is 0 Å². The van der Waals surface area contributed by atoms with Crippen molar-refractivity contribution in [2.45, 2.75) is 51.2 Å². The summed E-state index contributed by atoms with van der Waals surface area (Å²) < 4.78 is 0. The molecule has 0 aromatic rings. The molecular formula is C10H20N2O4. The molecule has 0 saturated heterocycles. The molecule has 0 amide bonds. The lowest BCUT2D eigenvalue weighted by atomic mass is 9.67. The molecule has 0 spiro atoms. The van der Waals surface area contributed by atoms with Gasteiger partial charge >= 0.3 is 0 Å². The number of hydrogen-bond acceptors (Lipinski definition) is 5. The van der Waals surface area contributed by atoms with Crippen molar-refractivity contribution in [3.05, 3.63) is 5.21 Å². The van der Waals surface area contributed by atoms with Crippen LogP contribution in [0.2, 0.25) is 0 Å². The molecule has 0 heterocycles. The van der Waals surface area contributed by atoms with E-state index in [1.54, 1.807) is 20.8 Å². The lowest BCUT2D eigenvalue weighted by molar-refractivity contribution is -1.09. The second kappa shape index (κ2) is 4.29. The van der Waals surface area contributed by atoms with Crippen molar-refractivity contribution in [2.24, 2.45) is 11.1 Å². The second-order valence-electron chi connectivity index (χ2n) is 5.22. The Kier molecular flexibility index (Phi) is 3.59. The molecule has 4 N–H and O–H groups in total. The smallest absolute Gasteiger partial charge is 0.125 e. The van der Waals surface area contributed by atoms with Crippen molar-refractivity contribution < 1.29 is 20.7 Å². The molecule has 0 aromatic heterocycles. The van der Waals surface area contributed by atoms with E-state index in [-0.39, 0.29) is 0 Å². The zero-order valence-corrected chi connectivity index (χ0v) is 9.90. The Morgan fingerprint density at radius 2 is 2.00 bits per heavy atom. The van der Waals surface area contributed by atoms with E-state index in [0.29, 0.717) is 25.0 Å². The van der Waals surface area contributed by atoms with Crippen LogP contribution in [0.25, 0.3) is 0 Å². The molecule has 1 fully saturated rings. The van der Waals surface area contributed by atoms with Crippen LogP contribution in [0.4, 0.5) is 0 Å². The Bertz CT molecular complexity index is 291. The van der Waals surface area contributed by atoms with Gasteiger partial charge in [0.25, 0.3) is 0 Å². The summed E-state index contributed by atoms with van der Waals surface area (Å²) in [7, 11) is 0. The third kappa shape index (κ3) is 2.35. The van der Waals surface area contributed by atoms with E-state index in [9.17, 15) is 10.3 Å². The standard InChI is InChI=1S/C10H20N2O4/c1-7(11-14)8-6-9(2,12(15)16)4-5-10(8,3)13/h8,12-15H,4-6H2,1-3H3/b11-7+. The molecule has 0 radical (unpaired) electrons. The molecule has 16 heavy (non-hydrogen) atoms. The topological polar surface area (TPSA) is 101 Å². The fraction of sp³-hybridized carbons (Fsp3) is 0.900. The van der Waals surface area contributed by atoms with Crippen LogP contribution in [0.5, 0.6) is 0 Å². The minimum Gasteiger partial charge on any atom is -0.600 e. The van der Waals surface area contributed by atoms with E-state index in [4.69, 9.17) is 10.4 Å². The van der Waals surface area contributed by atoms with E-state index in [1.807, 2.05) is 0 Å². The SMILES string of the molecule is C/C(=N\O)C1CC(C)([NH+]([O-])O)CCC1(C)O. The predicted molar refractivity (Wildman–Crippen MR) is 57.4 cm³/mol. The van der Waals surface area contributed by atoms with E-state index in [0.717, 1.165) is 0 Å². The van der Waals surface area contributed by atoms with Gasteiger partial charge in [-0.15, -0.1) is 0 Å². The second-order valence-corrected chi connectivity index (χ2v) is 5.22. The number of rotatable bonds is 2. The molecule has 6 nitrogen and oxygen atoms in total. The summed E-state index contributed by atoms with van der Waals surface area (Å²) in [6.07, 6.45) is 1.13. The van der Waals surface area contributed by atoms with Gasteiger partial charge in [-0.1, -0.05) is 5.16 Å². The van der Waals surface area contributed by atoms with Crippen molar-refractivity contribution in [1.82, 2.24) is 0 Å². The zero-order valence-electron chi connectivity index (χ0n) is 9.90. The lowest BCUT2D eigenvalue weighted by Gasteiger charge is -2.47. The van der Waals surface area contributed by atoms with Crippen LogP contribution < -0.4 is 5.23 Å². The molecule has 4 unspecified atom stereocenters. The first kappa shape index (κ1) is 13.4. The van der Waals surface area contributed by atoms with Crippen LogP contribution in [-0.2, 0) is 0 Å². The number of hydrogen-bond donors (Lipinski definition) is 4. The summed E-state index contributed by atoms with van der Waals surface area (Å²) in [5, 5.41) is 41.5. The van der Waals surface area contributed by atoms with Gasteiger partial charge in [0, 0.05) is 18.8 Å². The van der Waals surface area contributed by atoms with Gasteiger partial charge in [-0.2, -0.15) is 0 Å². The average Bonchev–Trinajstić information content (AvgIpc) is 2.20. The van der Waals surface area contributed by atoms with Crippen LogP contribution in [0.3, 0.4) is 0 Å². The lowest BCUT2D eigenvalue weighted by Crippen LogP contribution is -3.14. The van der Waals surface area contributed by atoms with Gasteiger partial charge in [0.2, 0.25) is 0 Å². The summed E-state index contributed by atoms with van der Waals surface area (Å²) in [6.45, 7) is 4.93. The van der Waals surface area contributed by atoms with E-state index in [2.05, 4.69) is 5.16 Å². The maximum absolute atomic E-state index is 11.2. The molecule has 0 aromatic carbocycles. The largest absolute Gasteiger partial charge is 0.600 e. The first-order valence-corrected chi connectivity index (χ1v) is 5.37. The Morgan fingerprint density at radius 3 is 2.44 bits per heavy atom. The highest BCUT2D eigenvalue weighted by Crippen LogP contribution is 2.38. The zero-order chi connectivity index (χ0) is 12.6. The first-order valence-electron chi connectivity index (χ1n) is 5.37. The normalized spacial score (nSPS) is 43.1. The van der Waals surface area contributed by atoms with E-state index < -0.39 is 22.3 Å². The van der Waals surface area contributed by atoms with Gasteiger partial charge in [0.05, 0.1) is 11.3 Å². The summed E-state index contributed by atoms with van der Waals surface area (Å²) in [6, 6.07) is 0. The molecule has 0 aliphatic heterocycles. The number of quaternary nitrogens is 1. The summed E-state index contributed by atoms with van der Waals surface area (Å²) in [4.78, 5) is 0. The van der Waals surface area contributed by atoms with Crippen molar-refractivity contribution >= 4 is 5.71 Å². The summed E-state index contributed by atoms with van der Waals surface area (Å²) in [5.41, 5.74) is -1.46. The monoisotopic (exact) mass is 232 g/mol. The quantitative estimate of drug-likeness (QED) is 0.304. The van der Waals surface area contributed by atoms with Crippen molar-refractivity contribution in [3.63, 3.8) is 0 Å². The van der Waals surface area contributed by atoms with Crippen molar-refractivity contribution in [1.29, 1.82) is 0 Å². The first-order chi connectivity index (χ1) is 7.23. The Balaban J connectivity index is 2.95. The third-order valence-corrected chi connectivity index (χ3v) is 3.77. The van der Waals surface area contributed by atoms with Gasteiger partial charge in [0.1, 0.15) is 5.54 Å².